The summed E-state index contributed by atoms with van der Waals surface area (Å²) in [4.78, 5) is 0. The van der Waals surface area contributed by atoms with E-state index in [0.717, 1.165) is 13.0 Å². The van der Waals surface area contributed by atoms with Crippen molar-refractivity contribution in [3.63, 3.8) is 0 Å². The average Bonchev–Trinajstić information content (AvgIpc) is 2.96. The number of hydrogen-bond donors (Lipinski definition) is 0. The largest absolute Gasteiger partial charge is 0.405 e. The summed E-state index contributed by atoms with van der Waals surface area (Å²) in [6, 6.07) is 21.6. The summed E-state index contributed by atoms with van der Waals surface area (Å²) in [6.07, 6.45) is 19.4. The number of ether oxygens (including phenoxy) is 2. The maximum atomic E-state index is 6.88. The quantitative estimate of drug-likeness (QED) is 0.0934. The zero-order valence-corrected chi connectivity index (χ0v) is 27.4. The minimum Gasteiger partial charge on any atom is -0.405 e. The minimum atomic E-state index is -2.48. The number of rotatable bonds is 24. The summed E-state index contributed by atoms with van der Waals surface area (Å²) >= 11 is 0. The maximum Gasteiger partial charge on any atom is 0.261 e. The van der Waals surface area contributed by atoms with Gasteiger partial charge in [-0.05, 0) is 21.8 Å². The fourth-order valence-electron chi connectivity index (χ4n) is 5.74. The summed E-state index contributed by atoms with van der Waals surface area (Å²) in [5, 5.41) is 2.61. The molecular weight excluding hydrogens is 508 g/mol. The third kappa shape index (κ3) is 13.0. The van der Waals surface area contributed by atoms with Crippen LogP contribution in [-0.2, 0) is 13.9 Å². The van der Waals surface area contributed by atoms with Gasteiger partial charge < -0.3 is 13.9 Å². The van der Waals surface area contributed by atoms with Crippen molar-refractivity contribution in [2.45, 2.75) is 123 Å². The second-order valence-electron chi connectivity index (χ2n) is 12.3. The van der Waals surface area contributed by atoms with E-state index in [1.54, 1.807) is 0 Å². The van der Waals surface area contributed by atoms with E-state index in [4.69, 9.17) is 13.9 Å². The van der Waals surface area contributed by atoms with Crippen molar-refractivity contribution in [1.82, 2.24) is 0 Å². The molecule has 0 unspecified atom stereocenters. The van der Waals surface area contributed by atoms with Gasteiger partial charge in [-0.2, -0.15) is 0 Å². The lowest BCUT2D eigenvalue weighted by atomic mass is 10.0. The zero-order chi connectivity index (χ0) is 28.8. The van der Waals surface area contributed by atoms with E-state index in [2.05, 4.69) is 88.4 Å². The van der Waals surface area contributed by atoms with Crippen LogP contribution in [0, 0.1) is 0 Å². The van der Waals surface area contributed by atoms with E-state index in [0.29, 0.717) is 26.4 Å². The summed E-state index contributed by atoms with van der Waals surface area (Å²) in [5.41, 5.74) is 0. The number of benzene rings is 2. The molecule has 0 spiro atoms. The van der Waals surface area contributed by atoms with Crippen LogP contribution >= 0.6 is 0 Å². The van der Waals surface area contributed by atoms with Crippen LogP contribution in [0.15, 0.2) is 60.7 Å². The summed E-state index contributed by atoms with van der Waals surface area (Å²) < 4.78 is 18.6. The van der Waals surface area contributed by atoms with Crippen LogP contribution in [0.5, 0.6) is 0 Å². The third-order valence-electron chi connectivity index (χ3n) is 7.98. The van der Waals surface area contributed by atoms with E-state index in [1.165, 1.54) is 93.8 Å². The van der Waals surface area contributed by atoms with Crippen molar-refractivity contribution in [1.29, 1.82) is 0 Å². The Morgan fingerprint density at radius 3 is 1.27 bits per heavy atom. The highest BCUT2D eigenvalue weighted by atomic mass is 28.4. The first-order chi connectivity index (χ1) is 19.5. The van der Waals surface area contributed by atoms with Gasteiger partial charge in [-0.3, -0.25) is 0 Å². The Bertz CT molecular complexity index is 795. The van der Waals surface area contributed by atoms with Crippen molar-refractivity contribution >= 4 is 18.7 Å². The molecule has 0 atom stereocenters. The van der Waals surface area contributed by atoms with Crippen LogP contribution in [0.4, 0.5) is 0 Å². The highest BCUT2D eigenvalue weighted by Gasteiger charge is 2.49. The van der Waals surface area contributed by atoms with E-state index in [-0.39, 0.29) is 5.04 Å². The molecule has 2 rings (SSSR count). The molecule has 0 heterocycles. The van der Waals surface area contributed by atoms with Gasteiger partial charge in [0.25, 0.3) is 8.32 Å². The van der Waals surface area contributed by atoms with Crippen molar-refractivity contribution in [2.75, 3.05) is 33.0 Å². The molecule has 0 amide bonds. The van der Waals surface area contributed by atoms with Crippen molar-refractivity contribution in [2.24, 2.45) is 0 Å². The van der Waals surface area contributed by atoms with Crippen LogP contribution in [0.25, 0.3) is 0 Å². The maximum absolute atomic E-state index is 6.88. The van der Waals surface area contributed by atoms with Gasteiger partial charge in [0.05, 0.1) is 26.4 Å². The van der Waals surface area contributed by atoms with Crippen LogP contribution in [0.3, 0.4) is 0 Å². The Labute approximate surface area is 248 Å². The topological polar surface area (TPSA) is 27.7 Å². The fourth-order valence-corrected chi connectivity index (χ4v) is 10.3. The number of hydrogen-bond acceptors (Lipinski definition) is 3. The standard InChI is InChI=1S/C36H60O3Si/c1-5-6-7-8-9-10-11-12-13-14-15-16-17-24-29-37-30-31-38-32-33-39-40(36(2,3)4,34-25-20-18-21-26-34)35-27-22-19-23-28-35/h18-23,25-28H,5-17,24,29-33H2,1-4H3. The molecule has 0 saturated heterocycles. The molecule has 0 aliphatic rings. The summed E-state index contributed by atoms with van der Waals surface area (Å²) in [6.45, 7) is 12.5. The molecule has 0 fully saturated rings. The molecule has 0 N–H and O–H groups in total. The molecular formula is C36H60O3Si. The molecule has 4 heteroatoms. The monoisotopic (exact) mass is 568 g/mol. The van der Waals surface area contributed by atoms with Crippen LogP contribution < -0.4 is 10.4 Å². The Morgan fingerprint density at radius 2 is 0.850 bits per heavy atom. The van der Waals surface area contributed by atoms with Crippen molar-refractivity contribution in [3.8, 4) is 0 Å². The first-order valence-electron chi connectivity index (χ1n) is 16.4. The molecule has 0 saturated carbocycles. The minimum absolute atomic E-state index is 0.00757. The second-order valence-corrected chi connectivity index (χ2v) is 16.6. The first-order valence-corrected chi connectivity index (χ1v) is 18.3. The second kappa shape index (κ2) is 21.3. The van der Waals surface area contributed by atoms with E-state index >= 15 is 0 Å². The molecule has 2 aromatic rings. The highest BCUT2D eigenvalue weighted by Crippen LogP contribution is 2.36. The molecule has 3 nitrogen and oxygen atoms in total. The van der Waals surface area contributed by atoms with Crippen LogP contribution in [0.2, 0.25) is 5.04 Å². The fraction of sp³-hybridized carbons (Fsp3) is 0.667. The molecule has 0 aliphatic heterocycles. The average molecular weight is 569 g/mol. The SMILES string of the molecule is CCCCCCCCCCCCCCCCOCCOCCO[Si](c1ccccc1)(c1ccccc1)C(C)(C)C. The van der Waals surface area contributed by atoms with Gasteiger partial charge >= 0.3 is 0 Å². The van der Waals surface area contributed by atoms with Gasteiger partial charge in [0.2, 0.25) is 0 Å². The molecule has 40 heavy (non-hydrogen) atoms. The Kier molecular flexibility index (Phi) is 18.5. The first kappa shape index (κ1) is 34.7. The Hall–Kier alpha value is -1.46. The van der Waals surface area contributed by atoms with Gasteiger partial charge in [-0.15, -0.1) is 0 Å². The van der Waals surface area contributed by atoms with E-state index in [1.807, 2.05) is 0 Å². The van der Waals surface area contributed by atoms with E-state index < -0.39 is 8.32 Å². The van der Waals surface area contributed by atoms with Crippen molar-refractivity contribution in [3.05, 3.63) is 60.7 Å². The zero-order valence-electron chi connectivity index (χ0n) is 26.4. The van der Waals surface area contributed by atoms with Gasteiger partial charge in [0.1, 0.15) is 0 Å². The smallest absolute Gasteiger partial charge is 0.261 e. The third-order valence-corrected chi connectivity index (χ3v) is 13.0. The molecule has 0 aliphatic carbocycles. The van der Waals surface area contributed by atoms with Gasteiger partial charge in [-0.25, -0.2) is 0 Å². The van der Waals surface area contributed by atoms with Crippen LogP contribution in [0.1, 0.15) is 118 Å². The van der Waals surface area contributed by atoms with Gasteiger partial charge in [0.15, 0.2) is 0 Å². The Balaban J connectivity index is 1.52. The molecule has 2 aromatic carbocycles. The summed E-state index contributed by atoms with van der Waals surface area (Å²) in [5.74, 6) is 0. The molecule has 0 bridgehead atoms. The highest BCUT2D eigenvalue weighted by molar-refractivity contribution is 6.99. The Morgan fingerprint density at radius 1 is 0.475 bits per heavy atom. The molecule has 0 aromatic heterocycles. The predicted octanol–water partition coefficient (Wildman–Crippen LogP) is 9.08. The lowest BCUT2D eigenvalue weighted by Gasteiger charge is -2.43. The normalized spacial score (nSPS) is 12.2. The van der Waals surface area contributed by atoms with Gasteiger partial charge in [-0.1, -0.05) is 172 Å². The molecule has 0 radical (unpaired) electrons. The predicted molar refractivity (Wildman–Crippen MR) is 176 cm³/mol. The van der Waals surface area contributed by atoms with Gasteiger partial charge in [0, 0.05) is 6.61 Å². The lowest BCUT2D eigenvalue weighted by molar-refractivity contribution is 0.0340. The molecule has 226 valence electrons. The van der Waals surface area contributed by atoms with Crippen LogP contribution in [-0.4, -0.2) is 41.4 Å². The lowest BCUT2D eigenvalue weighted by Crippen LogP contribution is -2.66. The number of unbranched alkanes of at least 4 members (excludes halogenated alkanes) is 13. The summed E-state index contributed by atoms with van der Waals surface area (Å²) in [7, 11) is -2.48. The van der Waals surface area contributed by atoms with Crippen molar-refractivity contribution < 1.29 is 13.9 Å². The van der Waals surface area contributed by atoms with E-state index in [9.17, 15) is 0 Å².